The van der Waals surface area contributed by atoms with Crippen molar-refractivity contribution in [2.75, 3.05) is 30.4 Å². The van der Waals surface area contributed by atoms with E-state index in [2.05, 4.69) is 22.5 Å². The number of benzene rings is 1. The van der Waals surface area contributed by atoms with Crippen LogP contribution < -0.4 is 15.5 Å². The van der Waals surface area contributed by atoms with E-state index in [1.165, 1.54) is 12.8 Å². The number of hydrogen-bond donors (Lipinski definition) is 2. The topological polar surface area (TPSA) is 44.4 Å². The lowest BCUT2D eigenvalue weighted by atomic mass is 9.98. The lowest BCUT2D eigenvalue weighted by molar-refractivity contribution is -0.117. The lowest BCUT2D eigenvalue weighted by Gasteiger charge is -2.33. The molecular weight excluding hydrogens is 274 g/mol. The zero-order valence-electron chi connectivity index (χ0n) is 11.9. The number of amides is 1. The van der Waals surface area contributed by atoms with E-state index in [0.717, 1.165) is 41.0 Å². The Bertz CT molecular complexity index is 538. The Morgan fingerprint density at radius 3 is 2.70 bits per heavy atom. The van der Waals surface area contributed by atoms with E-state index in [-0.39, 0.29) is 11.9 Å². The van der Waals surface area contributed by atoms with Gasteiger partial charge in [-0.25, -0.2) is 0 Å². The molecule has 2 heterocycles. The molecule has 1 aromatic rings. The van der Waals surface area contributed by atoms with Crippen molar-refractivity contribution in [2.45, 2.75) is 25.8 Å². The van der Waals surface area contributed by atoms with Gasteiger partial charge in [0, 0.05) is 24.3 Å². The molecule has 2 N–H and O–H groups in total. The Morgan fingerprint density at radius 2 is 2.05 bits per heavy atom. The van der Waals surface area contributed by atoms with E-state index >= 15 is 0 Å². The summed E-state index contributed by atoms with van der Waals surface area (Å²) in [5.74, 6) is 0.774. The van der Waals surface area contributed by atoms with Crippen LogP contribution in [0.3, 0.4) is 0 Å². The average molecular weight is 294 g/mol. The Morgan fingerprint density at radius 1 is 1.35 bits per heavy atom. The molecule has 0 bridgehead atoms. The molecule has 2 aliphatic rings. The third-order valence-electron chi connectivity index (χ3n) is 4.36. The molecule has 1 unspecified atom stereocenters. The molecule has 1 fully saturated rings. The van der Waals surface area contributed by atoms with Gasteiger partial charge in [0.25, 0.3) is 0 Å². The van der Waals surface area contributed by atoms with Gasteiger partial charge in [0.15, 0.2) is 0 Å². The van der Waals surface area contributed by atoms with Crippen LogP contribution in [0, 0.1) is 5.92 Å². The number of anilines is 2. The van der Waals surface area contributed by atoms with Crippen LogP contribution in [0.5, 0.6) is 0 Å². The number of carbonyl (C=O) groups excluding carboxylic acids is 1. The van der Waals surface area contributed by atoms with Gasteiger partial charge in [-0.2, -0.15) is 0 Å². The summed E-state index contributed by atoms with van der Waals surface area (Å²) in [7, 11) is 1.78. The standard InChI is InChI=1S/C15H20ClN3O/c1-9-3-5-19(6-4-9)13-8-12-10(7-11(13)16)14(17-2)15(20)18-12/h7-9,14,17H,3-6H2,1-2H3,(H,18,20). The molecule has 1 saturated heterocycles. The molecule has 0 aliphatic carbocycles. The molecule has 1 atom stereocenters. The predicted octanol–water partition coefficient (Wildman–Crippen LogP) is 2.79. The van der Waals surface area contributed by atoms with Gasteiger partial charge in [-0.3, -0.25) is 4.79 Å². The van der Waals surface area contributed by atoms with Gasteiger partial charge in [0.1, 0.15) is 6.04 Å². The van der Waals surface area contributed by atoms with Crippen molar-refractivity contribution in [3.63, 3.8) is 0 Å². The molecule has 20 heavy (non-hydrogen) atoms. The molecule has 108 valence electrons. The molecule has 0 saturated carbocycles. The van der Waals surface area contributed by atoms with Gasteiger partial charge in [-0.15, -0.1) is 0 Å². The molecule has 1 aromatic carbocycles. The second kappa shape index (κ2) is 5.26. The van der Waals surface area contributed by atoms with Gasteiger partial charge in [0.2, 0.25) is 5.91 Å². The smallest absolute Gasteiger partial charge is 0.246 e. The molecule has 3 rings (SSSR count). The quantitative estimate of drug-likeness (QED) is 0.881. The van der Waals surface area contributed by atoms with Gasteiger partial charge in [-0.05, 0) is 37.9 Å². The van der Waals surface area contributed by atoms with Crippen LogP contribution in [0.4, 0.5) is 11.4 Å². The maximum Gasteiger partial charge on any atom is 0.246 e. The average Bonchev–Trinajstić information content (AvgIpc) is 2.73. The highest BCUT2D eigenvalue weighted by molar-refractivity contribution is 6.33. The Balaban J connectivity index is 1.91. The number of rotatable bonds is 2. The summed E-state index contributed by atoms with van der Waals surface area (Å²) in [6.07, 6.45) is 2.39. The molecule has 5 heteroatoms. The van der Waals surface area contributed by atoms with Crippen LogP contribution in [0.2, 0.25) is 5.02 Å². The maximum absolute atomic E-state index is 11.9. The minimum absolute atomic E-state index is 0.0111. The van der Waals surface area contributed by atoms with E-state index in [0.29, 0.717) is 0 Å². The van der Waals surface area contributed by atoms with E-state index in [9.17, 15) is 4.79 Å². The summed E-state index contributed by atoms with van der Waals surface area (Å²) in [4.78, 5) is 14.2. The normalized spacial score (nSPS) is 22.9. The van der Waals surface area contributed by atoms with Gasteiger partial charge in [0.05, 0.1) is 10.7 Å². The third-order valence-corrected chi connectivity index (χ3v) is 4.67. The Kier molecular flexibility index (Phi) is 3.61. The van der Waals surface area contributed by atoms with Crippen molar-refractivity contribution in [3.05, 3.63) is 22.7 Å². The first-order chi connectivity index (χ1) is 9.60. The fourth-order valence-electron chi connectivity index (χ4n) is 3.05. The van der Waals surface area contributed by atoms with Crippen LogP contribution in [-0.4, -0.2) is 26.0 Å². The number of likely N-dealkylation sites (N-methyl/N-ethyl adjacent to an activating group) is 1. The van der Waals surface area contributed by atoms with Crippen LogP contribution >= 0.6 is 11.6 Å². The Labute approximate surface area is 124 Å². The summed E-state index contributed by atoms with van der Waals surface area (Å²) in [6, 6.07) is 3.64. The van der Waals surface area contributed by atoms with Crippen LogP contribution in [0.25, 0.3) is 0 Å². The first-order valence-electron chi connectivity index (χ1n) is 7.16. The Hall–Kier alpha value is -1.26. The van der Waals surface area contributed by atoms with E-state index < -0.39 is 0 Å². The SMILES string of the molecule is CNC1C(=O)Nc2cc(N3CCC(C)CC3)c(Cl)cc21. The zero-order valence-corrected chi connectivity index (χ0v) is 12.6. The number of nitrogens with zero attached hydrogens (tertiary/aromatic N) is 1. The van der Waals surface area contributed by atoms with E-state index in [4.69, 9.17) is 11.6 Å². The fourth-order valence-corrected chi connectivity index (χ4v) is 3.34. The van der Waals surface area contributed by atoms with Crippen molar-refractivity contribution >= 4 is 28.9 Å². The van der Waals surface area contributed by atoms with Crippen molar-refractivity contribution < 1.29 is 4.79 Å². The van der Waals surface area contributed by atoms with E-state index in [1.54, 1.807) is 7.05 Å². The zero-order chi connectivity index (χ0) is 14.3. The molecule has 1 amide bonds. The number of nitrogens with one attached hydrogen (secondary N) is 2. The summed E-state index contributed by atoms with van der Waals surface area (Å²) in [5.41, 5.74) is 2.86. The number of hydrogen-bond acceptors (Lipinski definition) is 3. The van der Waals surface area contributed by atoms with Crippen molar-refractivity contribution in [3.8, 4) is 0 Å². The number of fused-ring (bicyclic) bond motifs is 1. The molecule has 0 aromatic heterocycles. The number of piperidine rings is 1. The first-order valence-corrected chi connectivity index (χ1v) is 7.54. The number of carbonyl (C=O) groups is 1. The van der Waals surface area contributed by atoms with Crippen molar-refractivity contribution in [1.82, 2.24) is 5.32 Å². The minimum atomic E-state index is -0.294. The first kappa shape index (κ1) is 13.7. The van der Waals surface area contributed by atoms with Gasteiger partial charge >= 0.3 is 0 Å². The number of halogens is 1. The highest BCUT2D eigenvalue weighted by atomic mass is 35.5. The maximum atomic E-state index is 11.9. The molecular formula is C15H20ClN3O. The minimum Gasteiger partial charge on any atom is -0.370 e. The molecule has 0 spiro atoms. The largest absolute Gasteiger partial charge is 0.370 e. The van der Waals surface area contributed by atoms with E-state index in [1.807, 2.05) is 12.1 Å². The lowest BCUT2D eigenvalue weighted by Crippen LogP contribution is -2.33. The molecule has 2 aliphatic heterocycles. The summed E-state index contributed by atoms with van der Waals surface area (Å²) < 4.78 is 0. The fraction of sp³-hybridized carbons (Fsp3) is 0.533. The summed E-state index contributed by atoms with van der Waals surface area (Å²) in [6.45, 7) is 4.35. The highest BCUT2D eigenvalue weighted by Gasteiger charge is 2.31. The molecule has 4 nitrogen and oxygen atoms in total. The molecule has 0 radical (unpaired) electrons. The summed E-state index contributed by atoms with van der Waals surface area (Å²) in [5, 5.41) is 6.68. The predicted molar refractivity (Wildman–Crippen MR) is 82.5 cm³/mol. The van der Waals surface area contributed by atoms with Crippen molar-refractivity contribution in [1.29, 1.82) is 0 Å². The third kappa shape index (κ3) is 2.27. The van der Waals surface area contributed by atoms with Crippen LogP contribution in [0.15, 0.2) is 12.1 Å². The highest BCUT2D eigenvalue weighted by Crippen LogP contribution is 2.39. The van der Waals surface area contributed by atoms with Crippen molar-refractivity contribution in [2.24, 2.45) is 5.92 Å². The second-order valence-electron chi connectivity index (χ2n) is 5.77. The van der Waals surface area contributed by atoms with Gasteiger partial charge < -0.3 is 15.5 Å². The van der Waals surface area contributed by atoms with Gasteiger partial charge in [-0.1, -0.05) is 18.5 Å². The second-order valence-corrected chi connectivity index (χ2v) is 6.18. The monoisotopic (exact) mass is 293 g/mol. The van der Waals surface area contributed by atoms with Crippen LogP contribution in [-0.2, 0) is 4.79 Å². The summed E-state index contributed by atoms with van der Waals surface area (Å²) >= 11 is 6.44. The van der Waals surface area contributed by atoms with Crippen LogP contribution in [0.1, 0.15) is 31.4 Å².